The quantitative estimate of drug-likeness (QED) is 0.785. The second-order valence-electron chi connectivity index (χ2n) is 5.42. The van der Waals surface area contributed by atoms with Gasteiger partial charge in [0.1, 0.15) is 0 Å². The smallest absolute Gasteiger partial charge is 0.256 e. The molecule has 0 bridgehead atoms. The van der Waals surface area contributed by atoms with Crippen molar-refractivity contribution in [3.05, 3.63) is 56.6 Å². The van der Waals surface area contributed by atoms with Crippen LogP contribution in [0.15, 0.2) is 28.7 Å². The summed E-state index contributed by atoms with van der Waals surface area (Å²) in [7, 11) is 0. The van der Waals surface area contributed by atoms with Crippen LogP contribution in [0.25, 0.3) is 0 Å². The fraction of sp³-hybridized carbons (Fsp3) is 0.235. The van der Waals surface area contributed by atoms with Crippen LogP contribution in [-0.2, 0) is 0 Å². The largest absolute Gasteiger partial charge is 0.398 e. The molecule has 110 valence electrons. The second kappa shape index (κ2) is 5.90. The number of amides is 1. The van der Waals surface area contributed by atoms with Gasteiger partial charge in [0.2, 0.25) is 0 Å². The van der Waals surface area contributed by atoms with Gasteiger partial charge in [0.15, 0.2) is 0 Å². The van der Waals surface area contributed by atoms with Crippen LogP contribution < -0.4 is 11.1 Å². The summed E-state index contributed by atoms with van der Waals surface area (Å²) in [5.41, 5.74) is 12.0. The van der Waals surface area contributed by atoms with E-state index >= 15 is 0 Å². The molecular formula is C17H19BrN2O. The Morgan fingerprint density at radius 2 is 1.67 bits per heavy atom. The number of aryl methyl sites for hydroxylation is 4. The van der Waals surface area contributed by atoms with Gasteiger partial charge in [0.05, 0.1) is 5.69 Å². The van der Waals surface area contributed by atoms with E-state index in [1.165, 1.54) is 0 Å². The van der Waals surface area contributed by atoms with Crippen molar-refractivity contribution in [2.24, 2.45) is 0 Å². The zero-order valence-corrected chi connectivity index (χ0v) is 14.3. The number of anilines is 2. The fourth-order valence-corrected chi connectivity index (χ4v) is 3.14. The van der Waals surface area contributed by atoms with Gasteiger partial charge in [-0.15, -0.1) is 0 Å². The molecule has 0 aromatic heterocycles. The van der Waals surface area contributed by atoms with E-state index in [-0.39, 0.29) is 5.91 Å². The molecule has 21 heavy (non-hydrogen) atoms. The van der Waals surface area contributed by atoms with E-state index in [0.29, 0.717) is 11.3 Å². The minimum Gasteiger partial charge on any atom is -0.398 e. The number of carbonyl (C=O) groups is 1. The van der Waals surface area contributed by atoms with Crippen LogP contribution in [0.3, 0.4) is 0 Å². The van der Waals surface area contributed by atoms with Crippen molar-refractivity contribution < 1.29 is 4.79 Å². The summed E-state index contributed by atoms with van der Waals surface area (Å²) in [5.74, 6) is -0.146. The molecule has 0 heterocycles. The highest BCUT2D eigenvalue weighted by molar-refractivity contribution is 9.10. The number of carbonyl (C=O) groups excluding carboxylic acids is 1. The van der Waals surface area contributed by atoms with Crippen molar-refractivity contribution in [1.29, 1.82) is 0 Å². The van der Waals surface area contributed by atoms with Crippen LogP contribution in [-0.4, -0.2) is 5.91 Å². The minimum atomic E-state index is -0.146. The molecule has 3 N–H and O–H groups in total. The highest BCUT2D eigenvalue weighted by Crippen LogP contribution is 2.29. The van der Waals surface area contributed by atoms with Gasteiger partial charge in [0.25, 0.3) is 5.91 Å². The summed E-state index contributed by atoms with van der Waals surface area (Å²) in [6.07, 6.45) is 0. The Balaban J connectivity index is 2.37. The van der Waals surface area contributed by atoms with Crippen molar-refractivity contribution in [1.82, 2.24) is 0 Å². The third-order valence-corrected chi connectivity index (χ3v) is 4.15. The molecule has 0 radical (unpaired) electrons. The summed E-state index contributed by atoms with van der Waals surface area (Å²) >= 11 is 3.50. The zero-order chi connectivity index (χ0) is 15.7. The Morgan fingerprint density at radius 1 is 1.00 bits per heavy atom. The normalized spacial score (nSPS) is 10.5. The van der Waals surface area contributed by atoms with Crippen LogP contribution in [0, 0.1) is 27.7 Å². The third-order valence-electron chi connectivity index (χ3n) is 3.53. The number of benzene rings is 2. The highest BCUT2D eigenvalue weighted by Gasteiger charge is 2.14. The van der Waals surface area contributed by atoms with Gasteiger partial charge < -0.3 is 11.1 Å². The van der Waals surface area contributed by atoms with E-state index in [9.17, 15) is 4.79 Å². The molecule has 0 aliphatic rings. The minimum absolute atomic E-state index is 0.146. The number of nitrogens with one attached hydrogen (secondary N) is 1. The average Bonchev–Trinajstić information content (AvgIpc) is 2.37. The summed E-state index contributed by atoms with van der Waals surface area (Å²) in [6.45, 7) is 7.85. The molecule has 3 nitrogen and oxygen atoms in total. The molecule has 2 aromatic rings. The Bertz CT molecular complexity index is 700. The molecular weight excluding hydrogens is 328 g/mol. The van der Waals surface area contributed by atoms with Gasteiger partial charge in [-0.3, -0.25) is 4.79 Å². The topological polar surface area (TPSA) is 55.1 Å². The summed E-state index contributed by atoms with van der Waals surface area (Å²) < 4.78 is 0.881. The van der Waals surface area contributed by atoms with E-state index in [0.717, 1.165) is 32.4 Å². The number of hydrogen-bond acceptors (Lipinski definition) is 2. The number of halogens is 1. The Labute approximate surface area is 133 Å². The van der Waals surface area contributed by atoms with Crippen molar-refractivity contribution in [2.75, 3.05) is 11.1 Å². The predicted molar refractivity (Wildman–Crippen MR) is 91.9 cm³/mol. The average molecular weight is 347 g/mol. The van der Waals surface area contributed by atoms with Crippen LogP contribution in [0.4, 0.5) is 11.4 Å². The number of nitrogens with two attached hydrogens (primary N) is 1. The van der Waals surface area contributed by atoms with E-state index < -0.39 is 0 Å². The van der Waals surface area contributed by atoms with E-state index in [2.05, 4.69) is 21.2 Å². The lowest BCUT2D eigenvalue weighted by atomic mass is 10.0. The SMILES string of the molecule is Cc1cc(C)c(NC(=O)c2cc(N)c(C)cc2C)c(Br)c1. The Kier molecular flexibility index (Phi) is 4.37. The molecule has 0 unspecified atom stereocenters. The first-order valence-corrected chi connectivity index (χ1v) is 7.53. The molecule has 1 amide bonds. The molecule has 0 saturated carbocycles. The second-order valence-corrected chi connectivity index (χ2v) is 6.27. The molecule has 0 aliphatic carbocycles. The molecule has 4 heteroatoms. The monoisotopic (exact) mass is 346 g/mol. The van der Waals surface area contributed by atoms with Crippen LogP contribution >= 0.6 is 15.9 Å². The molecule has 0 spiro atoms. The summed E-state index contributed by atoms with van der Waals surface area (Å²) in [4.78, 5) is 12.5. The third kappa shape index (κ3) is 3.27. The van der Waals surface area contributed by atoms with Crippen LogP contribution in [0.1, 0.15) is 32.6 Å². The number of rotatable bonds is 2. The zero-order valence-electron chi connectivity index (χ0n) is 12.7. The summed E-state index contributed by atoms with van der Waals surface area (Å²) in [6, 6.07) is 7.69. The Morgan fingerprint density at radius 3 is 2.29 bits per heavy atom. The molecule has 0 saturated heterocycles. The first-order valence-electron chi connectivity index (χ1n) is 6.74. The van der Waals surface area contributed by atoms with E-state index in [1.807, 2.05) is 45.9 Å². The fourth-order valence-electron chi connectivity index (χ4n) is 2.37. The van der Waals surface area contributed by atoms with Crippen LogP contribution in [0.2, 0.25) is 0 Å². The molecule has 2 aromatic carbocycles. The molecule has 0 fully saturated rings. The lowest BCUT2D eigenvalue weighted by Gasteiger charge is -2.14. The lowest BCUT2D eigenvalue weighted by Crippen LogP contribution is -2.15. The van der Waals surface area contributed by atoms with Crippen molar-refractivity contribution in [2.45, 2.75) is 27.7 Å². The number of nitrogen functional groups attached to an aromatic ring is 1. The van der Waals surface area contributed by atoms with Crippen molar-refractivity contribution in [3.8, 4) is 0 Å². The van der Waals surface area contributed by atoms with Gasteiger partial charge in [-0.05, 0) is 78.0 Å². The number of hydrogen-bond donors (Lipinski definition) is 2. The van der Waals surface area contributed by atoms with Gasteiger partial charge >= 0.3 is 0 Å². The lowest BCUT2D eigenvalue weighted by molar-refractivity contribution is 0.102. The standard InChI is InChI=1S/C17H19BrN2O/c1-9-5-12(4)16(14(18)6-9)20-17(21)13-8-15(19)11(3)7-10(13)2/h5-8H,19H2,1-4H3,(H,20,21). The van der Waals surface area contributed by atoms with Crippen LogP contribution in [0.5, 0.6) is 0 Å². The first kappa shape index (κ1) is 15.6. The maximum atomic E-state index is 12.5. The van der Waals surface area contributed by atoms with Crippen molar-refractivity contribution in [3.63, 3.8) is 0 Å². The molecule has 0 aliphatic heterocycles. The molecule has 2 rings (SSSR count). The highest BCUT2D eigenvalue weighted by atomic mass is 79.9. The molecule has 0 atom stereocenters. The van der Waals surface area contributed by atoms with E-state index in [4.69, 9.17) is 5.73 Å². The first-order chi connectivity index (χ1) is 9.79. The maximum Gasteiger partial charge on any atom is 0.256 e. The van der Waals surface area contributed by atoms with E-state index in [1.54, 1.807) is 6.07 Å². The van der Waals surface area contributed by atoms with Gasteiger partial charge in [-0.2, -0.15) is 0 Å². The Hall–Kier alpha value is -1.81. The van der Waals surface area contributed by atoms with Gasteiger partial charge in [-0.1, -0.05) is 12.1 Å². The maximum absolute atomic E-state index is 12.5. The van der Waals surface area contributed by atoms with Gasteiger partial charge in [0, 0.05) is 15.7 Å². The van der Waals surface area contributed by atoms with Gasteiger partial charge in [-0.25, -0.2) is 0 Å². The van der Waals surface area contributed by atoms with Crippen molar-refractivity contribution >= 4 is 33.2 Å². The summed E-state index contributed by atoms with van der Waals surface area (Å²) in [5, 5.41) is 2.97. The predicted octanol–water partition coefficient (Wildman–Crippen LogP) is 4.52.